The number of fused-ring (bicyclic) bond motifs is 1. The summed E-state index contributed by atoms with van der Waals surface area (Å²) in [4.78, 5) is 42.9. The zero-order valence-electron chi connectivity index (χ0n) is 28.2. The first-order chi connectivity index (χ1) is 21.8. The smallest absolute Gasteiger partial charge is 0.412 e. The second-order valence-corrected chi connectivity index (χ2v) is 13.2. The summed E-state index contributed by atoms with van der Waals surface area (Å²) in [5.74, 6) is 0.419. The summed E-state index contributed by atoms with van der Waals surface area (Å²) >= 11 is 0. The normalized spacial score (nSPS) is 14.3. The number of nitrogens with one attached hydrogen (secondary N) is 3. The monoisotopic (exact) mass is 637 g/mol. The van der Waals surface area contributed by atoms with Crippen molar-refractivity contribution in [2.75, 3.05) is 13.1 Å². The molecule has 0 saturated heterocycles. The van der Waals surface area contributed by atoms with Gasteiger partial charge in [-0.3, -0.25) is 9.36 Å². The summed E-state index contributed by atoms with van der Waals surface area (Å²) in [5, 5.41) is 20.6. The number of unbranched alkanes of at least 4 members (excludes halogenated alkanes) is 1. The molecule has 252 valence electrons. The summed E-state index contributed by atoms with van der Waals surface area (Å²) in [6.45, 7) is 13.9. The van der Waals surface area contributed by atoms with Gasteiger partial charge in [0.2, 0.25) is 5.91 Å². The largest absolute Gasteiger partial charge is 0.444 e. The second kappa shape index (κ2) is 17.0. The van der Waals surface area contributed by atoms with Gasteiger partial charge in [-0.15, -0.1) is 0 Å². The van der Waals surface area contributed by atoms with Gasteiger partial charge in [0, 0.05) is 30.6 Å². The highest BCUT2D eigenvalue weighted by Gasteiger charge is 2.31. The van der Waals surface area contributed by atoms with E-state index in [1.54, 1.807) is 40.1 Å². The van der Waals surface area contributed by atoms with Crippen LogP contribution in [0.25, 0.3) is 16.7 Å². The Morgan fingerprint density at radius 1 is 0.978 bits per heavy atom. The molecule has 1 aromatic carbocycles. The lowest BCUT2D eigenvalue weighted by molar-refractivity contribution is -0.125. The van der Waals surface area contributed by atoms with Crippen LogP contribution < -0.4 is 20.7 Å². The van der Waals surface area contributed by atoms with E-state index in [-0.39, 0.29) is 30.7 Å². The van der Waals surface area contributed by atoms with Crippen molar-refractivity contribution in [3.05, 3.63) is 54.9 Å². The van der Waals surface area contributed by atoms with Gasteiger partial charge in [-0.25, -0.2) is 14.6 Å². The van der Waals surface area contributed by atoms with E-state index < -0.39 is 35.9 Å². The Hall–Kier alpha value is -4.12. The third-order valence-corrected chi connectivity index (χ3v) is 7.82. The highest BCUT2D eigenvalue weighted by molar-refractivity contribution is 5.90. The van der Waals surface area contributed by atoms with Crippen molar-refractivity contribution in [1.29, 1.82) is 0 Å². The van der Waals surface area contributed by atoms with Crippen molar-refractivity contribution in [2.24, 2.45) is 17.8 Å². The van der Waals surface area contributed by atoms with E-state index in [0.29, 0.717) is 24.5 Å². The van der Waals surface area contributed by atoms with Crippen molar-refractivity contribution < 1.29 is 29.0 Å². The van der Waals surface area contributed by atoms with Crippen LogP contribution in [-0.2, 0) is 9.53 Å². The maximum atomic E-state index is 13.1. The number of hydrogen-bond donors (Lipinski definition) is 4. The summed E-state index contributed by atoms with van der Waals surface area (Å²) in [7, 11) is 0. The molecule has 0 aliphatic heterocycles. The Labute approximate surface area is 272 Å². The van der Waals surface area contributed by atoms with Gasteiger partial charge in [-0.1, -0.05) is 52.3 Å². The molecule has 46 heavy (non-hydrogen) atoms. The number of aliphatic hydroxyl groups excluding tert-OH is 1. The Morgan fingerprint density at radius 2 is 1.70 bits per heavy atom. The van der Waals surface area contributed by atoms with E-state index in [4.69, 9.17) is 9.47 Å². The summed E-state index contributed by atoms with van der Waals surface area (Å²) in [5.41, 5.74) is 0.122. The number of aromatic nitrogens is 2. The highest BCUT2D eigenvalue weighted by Crippen LogP contribution is 2.30. The van der Waals surface area contributed by atoms with Crippen LogP contribution in [0.15, 0.2) is 54.9 Å². The maximum Gasteiger partial charge on any atom is 0.412 e. The van der Waals surface area contributed by atoms with Gasteiger partial charge in [0.25, 0.3) is 0 Å². The Balaban J connectivity index is 1.71. The number of rotatable bonds is 15. The van der Waals surface area contributed by atoms with E-state index in [2.05, 4.69) is 20.9 Å². The van der Waals surface area contributed by atoms with Crippen molar-refractivity contribution in [1.82, 2.24) is 25.5 Å². The second-order valence-electron chi connectivity index (χ2n) is 13.2. The first-order valence-electron chi connectivity index (χ1n) is 16.2. The molecule has 2 aromatic heterocycles. The topological polar surface area (TPSA) is 144 Å². The number of carbonyl (C=O) groups excluding carboxylic acids is 3. The van der Waals surface area contributed by atoms with E-state index >= 15 is 0 Å². The van der Waals surface area contributed by atoms with Crippen LogP contribution in [0.2, 0.25) is 0 Å². The number of para-hydroxylation sites is 1. The molecule has 3 rings (SSSR count). The molecule has 0 bridgehead atoms. The molecule has 0 spiro atoms. The van der Waals surface area contributed by atoms with Gasteiger partial charge in [-0.05, 0) is 76.1 Å². The third kappa shape index (κ3) is 11.0. The molecular weight excluding hydrogens is 586 g/mol. The highest BCUT2D eigenvalue weighted by atomic mass is 16.6. The van der Waals surface area contributed by atoms with Crippen LogP contribution in [0.3, 0.4) is 0 Å². The van der Waals surface area contributed by atoms with Crippen LogP contribution in [-0.4, -0.2) is 63.6 Å². The molecule has 0 fully saturated rings. The average Bonchev–Trinajstić information content (AvgIpc) is 3.36. The predicted molar refractivity (Wildman–Crippen MR) is 179 cm³/mol. The minimum absolute atomic E-state index is 0.0799. The summed E-state index contributed by atoms with van der Waals surface area (Å²) in [6.07, 6.45) is 3.47. The Bertz CT molecular complexity index is 1420. The van der Waals surface area contributed by atoms with Crippen molar-refractivity contribution >= 4 is 29.0 Å². The van der Waals surface area contributed by atoms with Gasteiger partial charge < -0.3 is 30.5 Å². The van der Waals surface area contributed by atoms with E-state index in [0.717, 1.165) is 23.7 Å². The molecule has 3 aromatic rings. The fraction of sp³-hybridized carbons (Fsp3) is 0.543. The Kier molecular flexibility index (Phi) is 13.4. The number of benzene rings is 1. The number of carbonyl (C=O) groups is 3. The fourth-order valence-electron chi connectivity index (χ4n) is 5.15. The number of alkyl carbamates (subject to hydrolysis) is 1. The molecule has 0 saturated carbocycles. The lowest BCUT2D eigenvalue weighted by Crippen LogP contribution is -2.49. The third-order valence-electron chi connectivity index (χ3n) is 7.82. The number of aliphatic hydroxyl groups is 1. The molecule has 11 nitrogen and oxygen atoms in total. The number of amides is 3. The van der Waals surface area contributed by atoms with E-state index in [9.17, 15) is 19.5 Å². The molecule has 0 aliphatic rings. The number of nitrogens with zero attached hydrogens (tertiary/aromatic N) is 2. The minimum Gasteiger partial charge on any atom is -0.444 e. The van der Waals surface area contributed by atoms with Gasteiger partial charge in [-0.2, -0.15) is 0 Å². The lowest BCUT2D eigenvalue weighted by Gasteiger charge is -2.32. The minimum atomic E-state index is -1.02. The van der Waals surface area contributed by atoms with Gasteiger partial charge in [0.15, 0.2) is 5.75 Å². The van der Waals surface area contributed by atoms with Crippen LogP contribution in [0, 0.1) is 17.8 Å². The molecule has 3 amide bonds. The van der Waals surface area contributed by atoms with E-state index in [1.807, 2.05) is 67.8 Å². The summed E-state index contributed by atoms with van der Waals surface area (Å²) < 4.78 is 13.1. The van der Waals surface area contributed by atoms with Gasteiger partial charge >= 0.3 is 12.2 Å². The Morgan fingerprint density at radius 3 is 2.35 bits per heavy atom. The van der Waals surface area contributed by atoms with E-state index in [1.165, 1.54) is 0 Å². The standard InChI is InChI=1S/C35H51N5O6/c1-8-9-17-37-32(42)24(4)19-29(41)27(39-34(44)46-35(5,6)7)20-25(23(2)3)21-38-33(43)45-30-22-40(31-16-12-13-18-36-31)28-15-11-10-14-26(28)30/h10-16,18,22-25,27,29,41H,8-9,17,19-21H2,1-7H3,(H,37,42)(H,38,43)(H,39,44)/t24-,25+,27+,29+/m1/s1. The first kappa shape index (κ1) is 36.3. The lowest BCUT2D eigenvalue weighted by atomic mass is 9.85. The van der Waals surface area contributed by atoms with Gasteiger partial charge in [0.1, 0.15) is 11.4 Å². The fourth-order valence-corrected chi connectivity index (χ4v) is 5.15. The molecule has 4 atom stereocenters. The molecule has 4 N–H and O–H groups in total. The molecule has 0 unspecified atom stereocenters. The zero-order chi connectivity index (χ0) is 33.9. The van der Waals surface area contributed by atoms with Crippen molar-refractivity contribution in [3.63, 3.8) is 0 Å². The average molecular weight is 638 g/mol. The van der Waals surface area contributed by atoms with Crippen LogP contribution >= 0.6 is 0 Å². The van der Waals surface area contributed by atoms with Crippen molar-refractivity contribution in [2.45, 2.75) is 91.9 Å². The van der Waals surface area contributed by atoms with Crippen LogP contribution in [0.1, 0.15) is 74.1 Å². The predicted octanol–water partition coefficient (Wildman–Crippen LogP) is 5.97. The molecular formula is C35H51N5O6. The van der Waals surface area contributed by atoms with Crippen molar-refractivity contribution in [3.8, 4) is 11.6 Å². The quantitative estimate of drug-likeness (QED) is 0.150. The molecule has 0 aliphatic carbocycles. The SMILES string of the molecule is CCCCNC(=O)[C@H](C)C[C@H](O)[C@H](C[C@@H](CNC(=O)Oc1cn(-c2ccccn2)c2ccccc12)C(C)C)NC(=O)OC(C)(C)C. The first-order valence-corrected chi connectivity index (χ1v) is 16.2. The molecule has 11 heteroatoms. The summed E-state index contributed by atoms with van der Waals surface area (Å²) in [6, 6.07) is 12.5. The van der Waals surface area contributed by atoms with Crippen LogP contribution in [0.5, 0.6) is 5.75 Å². The number of hydrogen-bond acceptors (Lipinski definition) is 7. The zero-order valence-corrected chi connectivity index (χ0v) is 28.2. The molecule has 0 radical (unpaired) electrons. The number of pyridine rings is 1. The number of ether oxygens (including phenoxy) is 2. The van der Waals surface area contributed by atoms with Crippen LogP contribution in [0.4, 0.5) is 9.59 Å². The maximum absolute atomic E-state index is 13.1. The van der Waals surface area contributed by atoms with Gasteiger partial charge in [0.05, 0.1) is 23.9 Å². The molecule has 2 heterocycles.